The number of benzene rings is 1. The summed E-state index contributed by atoms with van der Waals surface area (Å²) in [5.74, 6) is -0.330. The predicted molar refractivity (Wildman–Crippen MR) is 91.2 cm³/mol. The molecule has 2 rings (SSSR count). The Morgan fingerprint density at radius 2 is 1.88 bits per heavy atom. The van der Waals surface area contributed by atoms with E-state index in [0.717, 1.165) is 38.5 Å². The SMILES string of the molecule is COC(=O)c1ccc(NCCC(=O)NCCN2CCOCC2)cc1. The summed E-state index contributed by atoms with van der Waals surface area (Å²) < 4.78 is 9.93. The molecule has 1 saturated heterocycles. The average Bonchev–Trinajstić information content (AvgIpc) is 2.62. The zero-order valence-corrected chi connectivity index (χ0v) is 14.0. The lowest BCUT2D eigenvalue weighted by Gasteiger charge is -2.26. The largest absolute Gasteiger partial charge is 0.465 e. The van der Waals surface area contributed by atoms with Gasteiger partial charge < -0.3 is 20.1 Å². The second kappa shape index (κ2) is 9.89. The number of rotatable bonds is 8. The molecule has 1 aliphatic heterocycles. The molecule has 24 heavy (non-hydrogen) atoms. The topological polar surface area (TPSA) is 79.9 Å². The molecule has 0 aromatic heterocycles. The summed E-state index contributed by atoms with van der Waals surface area (Å²) in [7, 11) is 1.35. The van der Waals surface area contributed by atoms with Gasteiger partial charge in [-0.1, -0.05) is 0 Å². The van der Waals surface area contributed by atoms with Crippen LogP contribution in [0.3, 0.4) is 0 Å². The Morgan fingerprint density at radius 3 is 2.54 bits per heavy atom. The third-order valence-corrected chi connectivity index (χ3v) is 3.84. The Bertz CT molecular complexity index is 527. The third-order valence-electron chi connectivity index (χ3n) is 3.84. The van der Waals surface area contributed by atoms with Gasteiger partial charge in [0, 0.05) is 44.8 Å². The number of methoxy groups -OCH3 is 1. The van der Waals surface area contributed by atoms with E-state index >= 15 is 0 Å². The van der Waals surface area contributed by atoms with E-state index in [1.807, 2.05) is 0 Å². The van der Waals surface area contributed by atoms with Crippen molar-refractivity contribution in [2.45, 2.75) is 6.42 Å². The van der Waals surface area contributed by atoms with Crippen molar-refractivity contribution in [1.82, 2.24) is 10.2 Å². The first kappa shape index (κ1) is 18.2. The molecule has 1 heterocycles. The molecule has 7 heteroatoms. The van der Waals surface area contributed by atoms with Crippen LogP contribution in [0.4, 0.5) is 5.69 Å². The van der Waals surface area contributed by atoms with E-state index in [-0.39, 0.29) is 11.9 Å². The van der Waals surface area contributed by atoms with Gasteiger partial charge in [-0.3, -0.25) is 9.69 Å². The zero-order valence-electron chi connectivity index (χ0n) is 14.0. The van der Waals surface area contributed by atoms with E-state index in [0.29, 0.717) is 25.1 Å². The summed E-state index contributed by atoms with van der Waals surface area (Å²) in [4.78, 5) is 25.4. The minimum Gasteiger partial charge on any atom is -0.465 e. The molecule has 1 aromatic rings. The zero-order chi connectivity index (χ0) is 17.2. The molecular weight excluding hydrogens is 310 g/mol. The molecular formula is C17H25N3O4. The van der Waals surface area contributed by atoms with Gasteiger partial charge in [0.1, 0.15) is 0 Å². The van der Waals surface area contributed by atoms with Crippen LogP contribution >= 0.6 is 0 Å². The Morgan fingerprint density at radius 1 is 1.17 bits per heavy atom. The Kier molecular flexibility index (Phi) is 7.51. The first-order valence-corrected chi connectivity index (χ1v) is 8.18. The molecule has 2 N–H and O–H groups in total. The Hall–Kier alpha value is -2.12. The van der Waals surface area contributed by atoms with Crippen LogP contribution in [0, 0.1) is 0 Å². The molecule has 0 atom stereocenters. The standard InChI is InChI=1S/C17H25N3O4/c1-23-17(22)14-2-4-15(5-3-14)18-7-6-16(21)19-8-9-20-10-12-24-13-11-20/h2-5,18H,6-13H2,1H3,(H,19,21). The summed E-state index contributed by atoms with van der Waals surface area (Å²) in [5, 5.41) is 6.08. The molecule has 1 fully saturated rings. The number of carbonyl (C=O) groups excluding carboxylic acids is 2. The maximum Gasteiger partial charge on any atom is 0.337 e. The maximum atomic E-state index is 11.8. The number of nitrogens with zero attached hydrogens (tertiary/aromatic N) is 1. The van der Waals surface area contributed by atoms with Crippen LogP contribution in [-0.2, 0) is 14.3 Å². The van der Waals surface area contributed by atoms with E-state index in [2.05, 4.69) is 20.3 Å². The van der Waals surface area contributed by atoms with E-state index in [9.17, 15) is 9.59 Å². The van der Waals surface area contributed by atoms with E-state index in [1.54, 1.807) is 24.3 Å². The molecule has 132 valence electrons. The van der Waals surface area contributed by atoms with E-state index < -0.39 is 0 Å². The highest BCUT2D eigenvalue weighted by Crippen LogP contribution is 2.10. The highest BCUT2D eigenvalue weighted by molar-refractivity contribution is 5.89. The Labute approximate surface area is 142 Å². The molecule has 0 unspecified atom stereocenters. The van der Waals surface area contributed by atoms with Crippen molar-refractivity contribution in [3.8, 4) is 0 Å². The monoisotopic (exact) mass is 335 g/mol. The summed E-state index contributed by atoms with van der Waals surface area (Å²) in [5.41, 5.74) is 1.37. The van der Waals surface area contributed by atoms with Gasteiger partial charge in [0.25, 0.3) is 0 Å². The molecule has 1 amide bonds. The van der Waals surface area contributed by atoms with Gasteiger partial charge in [-0.15, -0.1) is 0 Å². The van der Waals surface area contributed by atoms with Gasteiger partial charge in [0.15, 0.2) is 0 Å². The molecule has 0 spiro atoms. The second-order valence-electron chi connectivity index (χ2n) is 5.55. The number of anilines is 1. The minimum atomic E-state index is -0.360. The normalized spacial score (nSPS) is 14.9. The molecule has 0 aliphatic carbocycles. The second-order valence-corrected chi connectivity index (χ2v) is 5.55. The molecule has 0 bridgehead atoms. The molecule has 0 saturated carbocycles. The van der Waals surface area contributed by atoms with Crippen LogP contribution in [0.15, 0.2) is 24.3 Å². The number of amides is 1. The number of carbonyl (C=O) groups is 2. The van der Waals surface area contributed by atoms with Crippen molar-refractivity contribution in [3.05, 3.63) is 29.8 Å². The fraction of sp³-hybridized carbons (Fsp3) is 0.529. The lowest BCUT2D eigenvalue weighted by molar-refractivity contribution is -0.120. The number of nitrogens with one attached hydrogen (secondary N) is 2. The van der Waals surface area contributed by atoms with Crippen molar-refractivity contribution in [3.63, 3.8) is 0 Å². The fourth-order valence-electron chi connectivity index (χ4n) is 2.43. The quantitative estimate of drug-likeness (QED) is 0.682. The van der Waals surface area contributed by atoms with Crippen molar-refractivity contribution in [1.29, 1.82) is 0 Å². The predicted octanol–water partition coefficient (Wildman–Crippen LogP) is 0.724. The van der Waals surface area contributed by atoms with E-state index in [1.165, 1.54) is 7.11 Å². The lowest BCUT2D eigenvalue weighted by Crippen LogP contribution is -2.41. The van der Waals surface area contributed by atoms with Gasteiger partial charge in [0.05, 0.1) is 25.9 Å². The molecule has 1 aliphatic rings. The number of hydrogen-bond acceptors (Lipinski definition) is 6. The van der Waals surface area contributed by atoms with Gasteiger partial charge >= 0.3 is 5.97 Å². The van der Waals surface area contributed by atoms with Gasteiger partial charge in [-0.2, -0.15) is 0 Å². The number of ether oxygens (including phenoxy) is 2. The highest BCUT2D eigenvalue weighted by Gasteiger charge is 2.10. The van der Waals surface area contributed by atoms with Crippen LogP contribution < -0.4 is 10.6 Å². The van der Waals surface area contributed by atoms with E-state index in [4.69, 9.17) is 4.74 Å². The summed E-state index contributed by atoms with van der Waals surface area (Å²) in [6.45, 7) is 5.46. The van der Waals surface area contributed by atoms with Crippen molar-refractivity contribution >= 4 is 17.6 Å². The van der Waals surface area contributed by atoms with Gasteiger partial charge in [0.2, 0.25) is 5.91 Å². The average molecular weight is 335 g/mol. The highest BCUT2D eigenvalue weighted by atomic mass is 16.5. The number of esters is 1. The molecule has 1 aromatic carbocycles. The van der Waals surface area contributed by atoms with Crippen molar-refractivity contribution in [2.24, 2.45) is 0 Å². The summed E-state index contributed by atoms with van der Waals surface area (Å²) >= 11 is 0. The van der Waals surface area contributed by atoms with Crippen LogP contribution in [0.1, 0.15) is 16.8 Å². The Balaban J connectivity index is 1.59. The third kappa shape index (κ3) is 6.17. The van der Waals surface area contributed by atoms with Crippen LogP contribution in [-0.4, -0.2) is 69.8 Å². The smallest absolute Gasteiger partial charge is 0.337 e. The minimum absolute atomic E-state index is 0.0296. The maximum absolute atomic E-state index is 11.8. The summed E-state index contributed by atoms with van der Waals surface area (Å²) in [6.07, 6.45) is 0.405. The first-order valence-electron chi connectivity index (χ1n) is 8.18. The number of hydrogen-bond donors (Lipinski definition) is 2. The fourth-order valence-corrected chi connectivity index (χ4v) is 2.43. The van der Waals surface area contributed by atoms with Crippen molar-refractivity contribution < 1.29 is 19.1 Å². The van der Waals surface area contributed by atoms with Crippen molar-refractivity contribution in [2.75, 3.05) is 58.4 Å². The van der Waals surface area contributed by atoms with Crippen LogP contribution in [0.5, 0.6) is 0 Å². The first-order chi connectivity index (χ1) is 11.7. The van der Waals surface area contributed by atoms with Crippen LogP contribution in [0.2, 0.25) is 0 Å². The molecule has 0 radical (unpaired) electrons. The van der Waals surface area contributed by atoms with Crippen LogP contribution in [0.25, 0.3) is 0 Å². The van der Waals surface area contributed by atoms with Gasteiger partial charge in [-0.05, 0) is 24.3 Å². The lowest BCUT2D eigenvalue weighted by atomic mass is 10.2. The number of morpholine rings is 1. The molecule has 7 nitrogen and oxygen atoms in total. The summed E-state index contributed by atoms with van der Waals surface area (Å²) in [6, 6.07) is 6.97. The van der Waals surface area contributed by atoms with Gasteiger partial charge in [-0.25, -0.2) is 4.79 Å².